The first kappa shape index (κ1) is 12.0. The van der Waals surface area contributed by atoms with E-state index in [-0.39, 0.29) is 5.96 Å². The van der Waals surface area contributed by atoms with Gasteiger partial charge < -0.3 is 11.5 Å². The number of amides is 1. The van der Waals surface area contributed by atoms with E-state index in [9.17, 15) is 4.79 Å². The van der Waals surface area contributed by atoms with E-state index in [4.69, 9.17) is 11.5 Å². The molecule has 0 spiro atoms. The Morgan fingerprint density at radius 1 is 1.38 bits per heavy atom. The van der Waals surface area contributed by atoms with Crippen molar-refractivity contribution in [2.45, 2.75) is 13.3 Å². The fourth-order valence-electron chi connectivity index (χ4n) is 1.34. The van der Waals surface area contributed by atoms with Gasteiger partial charge in [-0.2, -0.15) is 4.99 Å². The van der Waals surface area contributed by atoms with Crippen molar-refractivity contribution in [3.63, 3.8) is 0 Å². The summed E-state index contributed by atoms with van der Waals surface area (Å²) in [6.07, 6.45) is 3.98. The van der Waals surface area contributed by atoms with E-state index in [1.807, 2.05) is 24.3 Å². The third-order valence-electron chi connectivity index (χ3n) is 2.08. The van der Waals surface area contributed by atoms with Gasteiger partial charge in [-0.3, -0.25) is 4.79 Å². The summed E-state index contributed by atoms with van der Waals surface area (Å²) in [7, 11) is 0. The second-order valence-corrected chi connectivity index (χ2v) is 3.26. The van der Waals surface area contributed by atoms with Crippen LogP contribution in [0.4, 0.5) is 0 Å². The number of carbonyl (C=O) groups is 1. The molecule has 0 bridgehead atoms. The highest BCUT2D eigenvalue weighted by molar-refractivity contribution is 5.99. The molecular weight excluding hydrogens is 202 g/mol. The molecule has 0 fully saturated rings. The van der Waals surface area contributed by atoms with Crippen molar-refractivity contribution in [3.05, 3.63) is 41.5 Å². The van der Waals surface area contributed by atoms with Crippen LogP contribution in [0, 0.1) is 0 Å². The second kappa shape index (κ2) is 5.70. The van der Waals surface area contributed by atoms with Gasteiger partial charge in [0.15, 0.2) is 5.96 Å². The van der Waals surface area contributed by atoms with Crippen molar-refractivity contribution in [3.8, 4) is 0 Å². The molecule has 4 nitrogen and oxygen atoms in total. The van der Waals surface area contributed by atoms with Crippen LogP contribution < -0.4 is 11.5 Å². The van der Waals surface area contributed by atoms with Crippen LogP contribution in [-0.4, -0.2) is 11.9 Å². The summed E-state index contributed by atoms with van der Waals surface area (Å²) in [6, 6.07) is 7.85. The van der Waals surface area contributed by atoms with Gasteiger partial charge >= 0.3 is 0 Å². The summed E-state index contributed by atoms with van der Waals surface area (Å²) in [5.41, 5.74) is 12.4. The number of nitrogens with zero attached hydrogens (tertiary/aromatic N) is 1. The zero-order valence-electron chi connectivity index (χ0n) is 9.18. The number of rotatable bonds is 3. The molecule has 1 aromatic carbocycles. The summed E-state index contributed by atoms with van der Waals surface area (Å²) < 4.78 is 0. The Kier molecular flexibility index (Phi) is 4.27. The second-order valence-electron chi connectivity index (χ2n) is 3.26. The molecule has 0 aliphatic rings. The Hall–Kier alpha value is -2.10. The molecule has 0 atom stereocenters. The van der Waals surface area contributed by atoms with Crippen molar-refractivity contribution in [1.82, 2.24) is 0 Å². The zero-order chi connectivity index (χ0) is 12.0. The molecule has 4 heteroatoms. The van der Waals surface area contributed by atoms with Crippen LogP contribution in [-0.2, 0) is 11.2 Å². The van der Waals surface area contributed by atoms with Gasteiger partial charge in [-0.05, 0) is 23.6 Å². The monoisotopic (exact) mass is 217 g/mol. The Morgan fingerprint density at radius 2 is 2.06 bits per heavy atom. The summed E-state index contributed by atoms with van der Waals surface area (Å²) in [5.74, 6) is -0.677. The van der Waals surface area contributed by atoms with Gasteiger partial charge in [-0.15, -0.1) is 0 Å². The molecule has 0 saturated heterocycles. The average molecular weight is 217 g/mol. The molecule has 0 saturated carbocycles. The van der Waals surface area contributed by atoms with E-state index in [1.54, 1.807) is 6.08 Å². The first-order valence-corrected chi connectivity index (χ1v) is 5.03. The van der Waals surface area contributed by atoms with Crippen LogP contribution in [0.5, 0.6) is 0 Å². The lowest BCUT2D eigenvalue weighted by Gasteiger charge is -2.00. The minimum Gasteiger partial charge on any atom is -0.370 e. The highest BCUT2D eigenvalue weighted by Crippen LogP contribution is 2.11. The maximum atomic E-state index is 11.2. The van der Waals surface area contributed by atoms with Gasteiger partial charge in [-0.1, -0.05) is 31.2 Å². The third-order valence-corrected chi connectivity index (χ3v) is 2.08. The Bertz CT molecular complexity index is 432. The third kappa shape index (κ3) is 3.57. The van der Waals surface area contributed by atoms with E-state index >= 15 is 0 Å². The van der Waals surface area contributed by atoms with Crippen LogP contribution in [0.2, 0.25) is 0 Å². The van der Waals surface area contributed by atoms with Crippen molar-refractivity contribution < 1.29 is 4.79 Å². The molecular formula is C12H15N3O. The predicted molar refractivity (Wildman–Crippen MR) is 65.7 cm³/mol. The number of hydrogen-bond acceptors (Lipinski definition) is 1. The standard InChI is InChI=1S/C12H15N3O/c1-2-9-5-3-4-6-10(9)7-8-11(16)15-12(13)14/h3-8H,2H2,1H3,(H4,13,14,15,16). The van der Waals surface area contributed by atoms with E-state index in [0.29, 0.717) is 0 Å². The largest absolute Gasteiger partial charge is 0.370 e. The molecule has 16 heavy (non-hydrogen) atoms. The molecule has 0 aliphatic carbocycles. The molecule has 1 aromatic rings. The molecule has 4 N–H and O–H groups in total. The van der Waals surface area contributed by atoms with Crippen LogP contribution in [0.25, 0.3) is 6.08 Å². The van der Waals surface area contributed by atoms with E-state index in [0.717, 1.165) is 12.0 Å². The molecule has 84 valence electrons. The number of guanidine groups is 1. The highest BCUT2D eigenvalue weighted by Gasteiger charge is 1.97. The lowest BCUT2D eigenvalue weighted by atomic mass is 10.1. The number of aliphatic imine (C=N–C) groups is 1. The highest BCUT2D eigenvalue weighted by atomic mass is 16.1. The molecule has 1 amide bonds. The van der Waals surface area contributed by atoms with Gasteiger partial charge in [0, 0.05) is 6.08 Å². The molecule has 0 aromatic heterocycles. The van der Waals surface area contributed by atoms with Crippen LogP contribution in [0.3, 0.4) is 0 Å². The van der Waals surface area contributed by atoms with Crippen molar-refractivity contribution in [2.24, 2.45) is 16.5 Å². The number of nitrogens with two attached hydrogens (primary N) is 2. The van der Waals surface area contributed by atoms with Gasteiger partial charge in [0.1, 0.15) is 0 Å². The van der Waals surface area contributed by atoms with E-state index in [2.05, 4.69) is 11.9 Å². The first-order chi connectivity index (χ1) is 7.63. The minimum atomic E-state index is -0.453. The average Bonchev–Trinajstić information content (AvgIpc) is 2.26. The number of hydrogen-bond donors (Lipinski definition) is 2. The van der Waals surface area contributed by atoms with Crippen molar-refractivity contribution >= 4 is 17.9 Å². The fourth-order valence-corrected chi connectivity index (χ4v) is 1.34. The fraction of sp³-hybridized carbons (Fsp3) is 0.167. The zero-order valence-corrected chi connectivity index (χ0v) is 9.18. The molecule has 0 unspecified atom stereocenters. The summed E-state index contributed by atoms with van der Waals surface area (Å²) in [4.78, 5) is 14.6. The minimum absolute atomic E-state index is 0.224. The molecule has 0 aliphatic heterocycles. The SMILES string of the molecule is CCc1ccccc1C=CC(=O)N=C(N)N. The van der Waals surface area contributed by atoms with Gasteiger partial charge in [0.2, 0.25) is 0 Å². The van der Waals surface area contributed by atoms with Crippen LogP contribution in [0.15, 0.2) is 35.3 Å². The normalized spacial score (nSPS) is 10.3. The topological polar surface area (TPSA) is 81.5 Å². The number of carbonyl (C=O) groups excluding carboxylic acids is 1. The quantitative estimate of drug-likeness (QED) is 0.451. The van der Waals surface area contributed by atoms with Gasteiger partial charge in [0.25, 0.3) is 5.91 Å². The maximum absolute atomic E-state index is 11.2. The smallest absolute Gasteiger partial charge is 0.272 e. The van der Waals surface area contributed by atoms with E-state index < -0.39 is 5.91 Å². The summed E-state index contributed by atoms with van der Waals surface area (Å²) in [5, 5.41) is 0. The van der Waals surface area contributed by atoms with Crippen LogP contribution in [0.1, 0.15) is 18.1 Å². The predicted octanol–water partition coefficient (Wildman–Crippen LogP) is 1.06. The molecule has 0 radical (unpaired) electrons. The Morgan fingerprint density at radius 3 is 2.69 bits per heavy atom. The van der Waals surface area contributed by atoms with Crippen molar-refractivity contribution in [1.29, 1.82) is 0 Å². The maximum Gasteiger partial charge on any atom is 0.272 e. The lowest BCUT2D eigenvalue weighted by Crippen LogP contribution is -2.23. The molecule has 1 rings (SSSR count). The number of aryl methyl sites for hydroxylation is 1. The summed E-state index contributed by atoms with van der Waals surface area (Å²) in [6.45, 7) is 2.06. The van der Waals surface area contributed by atoms with Gasteiger partial charge in [-0.25, -0.2) is 0 Å². The Balaban J connectivity index is 2.84. The van der Waals surface area contributed by atoms with Crippen molar-refractivity contribution in [2.75, 3.05) is 0 Å². The van der Waals surface area contributed by atoms with Gasteiger partial charge in [0.05, 0.1) is 0 Å². The molecule has 0 heterocycles. The first-order valence-electron chi connectivity index (χ1n) is 5.03. The lowest BCUT2D eigenvalue weighted by molar-refractivity contribution is -0.113. The summed E-state index contributed by atoms with van der Waals surface area (Å²) >= 11 is 0. The van der Waals surface area contributed by atoms with E-state index in [1.165, 1.54) is 11.6 Å². The number of benzene rings is 1. The Labute approximate surface area is 94.7 Å². The van der Waals surface area contributed by atoms with Crippen LogP contribution >= 0.6 is 0 Å².